The van der Waals surface area contributed by atoms with E-state index in [1.165, 1.54) is 12.1 Å². The number of aromatic hydroxyl groups is 2. The van der Waals surface area contributed by atoms with Crippen molar-refractivity contribution in [3.63, 3.8) is 0 Å². The highest BCUT2D eigenvalue weighted by Gasteiger charge is 2.08. The Kier molecular flexibility index (Phi) is 4.05. The molecule has 0 aliphatic rings. The van der Waals surface area contributed by atoms with Gasteiger partial charge in [-0.15, -0.1) is 0 Å². The fourth-order valence-corrected chi connectivity index (χ4v) is 2.13. The molecular weight excluding hydrogens is 240 g/mol. The van der Waals surface area contributed by atoms with Gasteiger partial charge in [0.25, 0.3) is 0 Å². The first-order valence-electron chi connectivity index (χ1n) is 6.60. The third kappa shape index (κ3) is 3.05. The molecule has 0 aromatic heterocycles. The summed E-state index contributed by atoms with van der Waals surface area (Å²) in [5.74, 6) is -0.180. The number of hydrogen-bond acceptors (Lipinski definition) is 3. The van der Waals surface area contributed by atoms with Crippen LogP contribution in [-0.2, 0) is 0 Å². The molecule has 0 aliphatic heterocycles. The molecule has 0 aliphatic carbocycles. The first-order chi connectivity index (χ1) is 9.11. The van der Waals surface area contributed by atoms with Gasteiger partial charge in [0, 0.05) is 12.0 Å². The average Bonchev–Trinajstić information content (AvgIpc) is 2.40. The minimum absolute atomic E-state index is 0.128. The van der Waals surface area contributed by atoms with E-state index in [0.717, 1.165) is 30.0 Å². The van der Waals surface area contributed by atoms with Gasteiger partial charge >= 0.3 is 0 Å². The minimum Gasteiger partial charge on any atom is -0.504 e. The molecule has 3 heteroatoms. The van der Waals surface area contributed by atoms with Gasteiger partial charge in [-0.3, -0.25) is 4.79 Å². The van der Waals surface area contributed by atoms with E-state index >= 15 is 0 Å². The van der Waals surface area contributed by atoms with Crippen molar-refractivity contribution >= 4 is 16.6 Å². The standard InChI is InChI=1S/C16H18O3/c1-2-3-4-5-14(17)12-7-6-11-9-15(18)16(19)10-13(11)8-12/h6-10,18-19H,2-5H2,1H3. The molecule has 0 spiro atoms. The highest BCUT2D eigenvalue weighted by Crippen LogP contribution is 2.30. The maximum Gasteiger partial charge on any atom is 0.162 e. The molecule has 0 bridgehead atoms. The van der Waals surface area contributed by atoms with Crippen LogP contribution in [0.15, 0.2) is 30.3 Å². The summed E-state index contributed by atoms with van der Waals surface area (Å²) in [5, 5.41) is 20.5. The average molecular weight is 258 g/mol. The second-order valence-corrected chi connectivity index (χ2v) is 4.78. The van der Waals surface area contributed by atoms with E-state index in [9.17, 15) is 15.0 Å². The number of Topliss-reactive ketones (excluding diaryl/α,β-unsaturated/α-hetero) is 1. The molecule has 2 aromatic carbocycles. The number of carbonyl (C=O) groups excluding carboxylic acids is 1. The van der Waals surface area contributed by atoms with Gasteiger partial charge in [0.05, 0.1) is 0 Å². The van der Waals surface area contributed by atoms with Gasteiger partial charge in [-0.25, -0.2) is 0 Å². The van der Waals surface area contributed by atoms with Crippen molar-refractivity contribution in [2.24, 2.45) is 0 Å². The molecule has 2 N–H and O–H groups in total. The molecule has 0 heterocycles. The fourth-order valence-electron chi connectivity index (χ4n) is 2.13. The Hall–Kier alpha value is -2.03. The van der Waals surface area contributed by atoms with Crippen LogP contribution in [0.4, 0.5) is 0 Å². The summed E-state index contributed by atoms with van der Waals surface area (Å²) in [6.45, 7) is 2.11. The number of carbonyl (C=O) groups is 1. The lowest BCUT2D eigenvalue weighted by Gasteiger charge is -2.05. The Balaban J connectivity index is 2.26. The summed E-state index contributed by atoms with van der Waals surface area (Å²) < 4.78 is 0. The molecule has 100 valence electrons. The maximum atomic E-state index is 12.0. The number of phenols is 2. The van der Waals surface area contributed by atoms with E-state index in [1.807, 2.05) is 0 Å². The molecular formula is C16H18O3. The van der Waals surface area contributed by atoms with Crippen molar-refractivity contribution < 1.29 is 15.0 Å². The second-order valence-electron chi connectivity index (χ2n) is 4.78. The van der Waals surface area contributed by atoms with Crippen LogP contribution >= 0.6 is 0 Å². The first kappa shape index (κ1) is 13.4. The summed E-state index contributed by atoms with van der Waals surface area (Å²) in [6.07, 6.45) is 3.63. The molecule has 0 fully saturated rings. The molecule has 0 saturated carbocycles. The largest absolute Gasteiger partial charge is 0.504 e. The zero-order valence-corrected chi connectivity index (χ0v) is 11.0. The lowest BCUT2D eigenvalue weighted by atomic mass is 10.0. The van der Waals surface area contributed by atoms with Crippen LogP contribution in [0.5, 0.6) is 11.5 Å². The molecule has 2 rings (SSSR count). The molecule has 0 amide bonds. The van der Waals surface area contributed by atoms with Crippen molar-refractivity contribution in [2.45, 2.75) is 32.6 Å². The van der Waals surface area contributed by atoms with Gasteiger partial charge in [0.2, 0.25) is 0 Å². The topological polar surface area (TPSA) is 57.5 Å². The van der Waals surface area contributed by atoms with Crippen LogP contribution in [0.3, 0.4) is 0 Å². The molecule has 19 heavy (non-hydrogen) atoms. The predicted molar refractivity (Wildman–Crippen MR) is 75.8 cm³/mol. The summed E-state index contributed by atoms with van der Waals surface area (Å²) in [7, 11) is 0. The summed E-state index contributed by atoms with van der Waals surface area (Å²) >= 11 is 0. The highest BCUT2D eigenvalue weighted by atomic mass is 16.3. The Bertz CT molecular complexity index is 602. The predicted octanol–water partition coefficient (Wildman–Crippen LogP) is 4.01. The molecule has 0 atom stereocenters. The molecule has 0 saturated heterocycles. The van der Waals surface area contributed by atoms with Crippen LogP contribution in [0, 0.1) is 0 Å². The van der Waals surface area contributed by atoms with Gasteiger partial charge in [0.15, 0.2) is 17.3 Å². The summed E-state index contributed by atoms with van der Waals surface area (Å²) in [4.78, 5) is 12.0. The monoisotopic (exact) mass is 258 g/mol. The van der Waals surface area contributed by atoms with Crippen LogP contribution in [0.2, 0.25) is 0 Å². The quantitative estimate of drug-likeness (QED) is 0.484. The van der Waals surface area contributed by atoms with Crippen LogP contribution in [-0.4, -0.2) is 16.0 Å². The summed E-state index contributed by atoms with van der Waals surface area (Å²) in [5.41, 5.74) is 0.661. The normalized spacial score (nSPS) is 10.8. The first-order valence-corrected chi connectivity index (χ1v) is 6.60. The van der Waals surface area contributed by atoms with Crippen molar-refractivity contribution in [1.82, 2.24) is 0 Å². The van der Waals surface area contributed by atoms with E-state index in [2.05, 4.69) is 6.92 Å². The lowest BCUT2D eigenvalue weighted by Crippen LogP contribution is -1.98. The molecule has 0 radical (unpaired) electrons. The lowest BCUT2D eigenvalue weighted by molar-refractivity contribution is 0.0979. The van der Waals surface area contributed by atoms with E-state index in [1.54, 1.807) is 18.2 Å². The molecule has 3 nitrogen and oxygen atoms in total. The SMILES string of the molecule is CCCCCC(=O)c1ccc2cc(O)c(O)cc2c1. The van der Waals surface area contributed by atoms with E-state index in [0.29, 0.717) is 12.0 Å². The number of phenolic OH excluding ortho intramolecular Hbond substituents is 2. The number of unbranched alkanes of at least 4 members (excludes halogenated alkanes) is 2. The Morgan fingerprint density at radius 3 is 2.37 bits per heavy atom. The fraction of sp³-hybridized carbons (Fsp3) is 0.312. The second kappa shape index (κ2) is 5.74. The minimum atomic E-state index is -0.164. The smallest absolute Gasteiger partial charge is 0.162 e. The van der Waals surface area contributed by atoms with Gasteiger partial charge < -0.3 is 10.2 Å². The Labute approximate surface area is 112 Å². The Morgan fingerprint density at radius 1 is 1.00 bits per heavy atom. The molecule has 2 aromatic rings. The zero-order chi connectivity index (χ0) is 13.8. The van der Waals surface area contributed by atoms with Gasteiger partial charge in [0.1, 0.15) is 0 Å². The van der Waals surface area contributed by atoms with Crippen LogP contribution in [0.1, 0.15) is 43.0 Å². The number of fused-ring (bicyclic) bond motifs is 1. The molecule has 0 unspecified atom stereocenters. The number of ketones is 1. The van der Waals surface area contributed by atoms with Crippen molar-refractivity contribution in [3.05, 3.63) is 35.9 Å². The van der Waals surface area contributed by atoms with Crippen molar-refractivity contribution in [1.29, 1.82) is 0 Å². The van der Waals surface area contributed by atoms with E-state index in [-0.39, 0.29) is 17.3 Å². The number of benzene rings is 2. The number of rotatable bonds is 5. The highest BCUT2D eigenvalue weighted by molar-refractivity contribution is 6.00. The van der Waals surface area contributed by atoms with Gasteiger partial charge in [-0.05, 0) is 35.4 Å². The zero-order valence-electron chi connectivity index (χ0n) is 11.0. The van der Waals surface area contributed by atoms with Crippen LogP contribution < -0.4 is 0 Å². The third-order valence-electron chi connectivity index (χ3n) is 3.26. The van der Waals surface area contributed by atoms with Crippen LogP contribution in [0.25, 0.3) is 10.8 Å². The third-order valence-corrected chi connectivity index (χ3v) is 3.26. The maximum absolute atomic E-state index is 12.0. The van der Waals surface area contributed by atoms with Gasteiger partial charge in [-0.2, -0.15) is 0 Å². The van der Waals surface area contributed by atoms with Crippen molar-refractivity contribution in [2.75, 3.05) is 0 Å². The van der Waals surface area contributed by atoms with Crippen molar-refractivity contribution in [3.8, 4) is 11.5 Å². The van der Waals surface area contributed by atoms with E-state index < -0.39 is 0 Å². The Morgan fingerprint density at radius 2 is 1.68 bits per heavy atom. The van der Waals surface area contributed by atoms with E-state index in [4.69, 9.17) is 0 Å². The number of hydrogen-bond donors (Lipinski definition) is 2. The summed E-state index contributed by atoms with van der Waals surface area (Å²) in [6, 6.07) is 8.31. The van der Waals surface area contributed by atoms with Gasteiger partial charge in [-0.1, -0.05) is 31.9 Å².